The maximum Gasteiger partial charge on any atom is 0.0822 e. The van der Waals surface area contributed by atoms with Gasteiger partial charge in [-0.25, -0.2) is 0 Å². The van der Waals surface area contributed by atoms with Crippen molar-refractivity contribution < 1.29 is 4.74 Å². The van der Waals surface area contributed by atoms with E-state index in [0.717, 1.165) is 25.9 Å². The molecule has 0 bridgehead atoms. The standard InChI is InChI=1S/C12H26N2O/c1-4-10(5-2)11(14-13)12(3)8-6-7-9-15-12/h10-11,14H,4-9,13H2,1-3H3. The molecule has 2 unspecified atom stereocenters. The third kappa shape index (κ3) is 2.92. The SMILES string of the molecule is CCC(CC)C(NN)C1(C)CCCCO1. The molecule has 0 radical (unpaired) electrons. The molecular formula is C12H26N2O. The number of nitrogens with one attached hydrogen (secondary N) is 1. The fraction of sp³-hybridized carbons (Fsp3) is 1.00. The van der Waals surface area contributed by atoms with Crippen LogP contribution in [0.5, 0.6) is 0 Å². The lowest BCUT2D eigenvalue weighted by atomic mass is 9.79. The Kier molecular flexibility index (Phi) is 5.03. The lowest BCUT2D eigenvalue weighted by Crippen LogP contribution is -2.57. The van der Waals surface area contributed by atoms with Gasteiger partial charge in [0, 0.05) is 6.61 Å². The highest BCUT2D eigenvalue weighted by atomic mass is 16.5. The number of rotatable bonds is 5. The first-order chi connectivity index (χ1) is 7.18. The second kappa shape index (κ2) is 5.83. The van der Waals surface area contributed by atoms with Gasteiger partial charge < -0.3 is 4.74 Å². The average molecular weight is 214 g/mol. The lowest BCUT2D eigenvalue weighted by molar-refractivity contribution is -0.101. The highest BCUT2D eigenvalue weighted by Crippen LogP contribution is 2.33. The van der Waals surface area contributed by atoms with Crippen molar-refractivity contribution in [1.29, 1.82) is 0 Å². The number of ether oxygens (including phenoxy) is 1. The summed E-state index contributed by atoms with van der Waals surface area (Å²) < 4.78 is 5.96. The fourth-order valence-corrected chi connectivity index (χ4v) is 2.77. The fourth-order valence-electron chi connectivity index (χ4n) is 2.77. The van der Waals surface area contributed by atoms with Gasteiger partial charge in [-0.15, -0.1) is 0 Å². The van der Waals surface area contributed by atoms with Crippen LogP contribution in [0, 0.1) is 5.92 Å². The number of nitrogens with two attached hydrogens (primary N) is 1. The van der Waals surface area contributed by atoms with Crippen LogP contribution in [0.25, 0.3) is 0 Å². The summed E-state index contributed by atoms with van der Waals surface area (Å²) in [5.41, 5.74) is 2.92. The van der Waals surface area contributed by atoms with Crippen LogP contribution in [-0.4, -0.2) is 18.2 Å². The molecule has 1 fully saturated rings. The number of hydrazine groups is 1. The molecular weight excluding hydrogens is 188 g/mol. The van der Waals surface area contributed by atoms with E-state index in [-0.39, 0.29) is 11.6 Å². The molecule has 1 rings (SSSR count). The van der Waals surface area contributed by atoms with Gasteiger partial charge in [0.25, 0.3) is 0 Å². The van der Waals surface area contributed by atoms with Crippen molar-refractivity contribution in [2.75, 3.05) is 6.61 Å². The quantitative estimate of drug-likeness (QED) is 0.545. The zero-order valence-electron chi connectivity index (χ0n) is 10.4. The van der Waals surface area contributed by atoms with Crippen LogP contribution < -0.4 is 11.3 Å². The molecule has 0 aromatic carbocycles. The van der Waals surface area contributed by atoms with Crippen LogP contribution in [0.3, 0.4) is 0 Å². The molecule has 0 aromatic heterocycles. The van der Waals surface area contributed by atoms with Crippen LogP contribution in [0.4, 0.5) is 0 Å². The van der Waals surface area contributed by atoms with Gasteiger partial charge in [-0.2, -0.15) is 0 Å². The summed E-state index contributed by atoms with van der Waals surface area (Å²) >= 11 is 0. The zero-order valence-corrected chi connectivity index (χ0v) is 10.4. The topological polar surface area (TPSA) is 47.3 Å². The van der Waals surface area contributed by atoms with E-state index >= 15 is 0 Å². The summed E-state index contributed by atoms with van der Waals surface area (Å²) in [6, 6.07) is 0.285. The van der Waals surface area contributed by atoms with Crippen molar-refractivity contribution in [3.8, 4) is 0 Å². The van der Waals surface area contributed by atoms with Crippen molar-refractivity contribution in [2.24, 2.45) is 11.8 Å². The van der Waals surface area contributed by atoms with E-state index in [1.165, 1.54) is 12.8 Å². The predicted octanol–water partition coefficient (Wildman–Crippen LogP) is 2.21. The average Bonchev–Trinajstić information content (AvgIpc) is 2.26. The van der Waals surface area contributed by atoms with Crippen LogP contribution in [0.15, 0.2) is 0 Å². The predicted molar refractivity (Wildman–Crippen MR) is 63.4 cm³/mol. The van der Waals surface area contributed by atoms with E-state index < -0.39 is 0 Å². The Balaban J connectivity index is 2.69. The number of hydrogen-bond acceptors (Lipinski definition) is 3. The Morgan fingerprint density at radius 3 is 2.40 bits per heavy atom. The first-order valence-corrected chi connectivity index (χ1v) is 6.28. The Hall–Kier alpha value is -0.120. The molecule has 1 saturated heterocycles. The summed E-state index contributed by atoms with van der Waals surface area (Å²) in [7, 11) is 0. The maximum absolute atomic E-state index is 5.96. The summed E-state index contributed by atoms with van der Waals surface area (Å²) in [6.45, 7) is 7.54. The largest absolute Gasteiger partial charge is 0.374 e. The van der Waals surface area contributed by atoms with Gasteiger partial charge in [-0.1, -0.05) is 26.7 Å². The van der Waals surface area contributed by atoms with Crippen molar-refractivity contribution in [3.63, 3.8) is 0 Å². The molecule has 1 aliphatic rings. The van der Waals surface area contributed by atoms with Gasteiger partial charge in [0.05, 0.1) is 11.6 Å². The van der Waals surface area contributed by atoms with Gasteiger partial charge in [0.1, 0.15) is 0 Å². The second-order valence-electron chi connectivity index (χ2n) is 4.84. The molecule has 0 amide bonds. The van der Waals surface area contributed by atoms with Gasteiger partial charge >= 0.3 is 0 Å². The molecule has 2 atom stereocenters. The molecule has 3 heteroatoms. The highest BCUT2D eigenvalue weighted by Gasteiger charge is 2.39. The highest BCUT2D eigenvalue weighted by molar-refractivity contribution is 4.93. The third-order valence-electron chi connectivity index (χ3n) is 3.86. The van der Waals surface area contributed by atoms with Crippen LogP contribution in [0.2, 0.25) is 0 Å². The van der Waals surface area contributed by atoms with Crippen molar-refractivity contribution >= 4 is 0 Å². The van der Waals surface area contributed by atoms with Crippen molar-refractivity contribution in [3.05, 3.63) is 0 Å². The third-order valence-corrected chi connectivity index (χ3v) is 3.86. The van der Waals surface area contributed by atoms with Crippen molar-refractivity contribution in [2.45, 2.75) is 64.5 Å². The summed E-state index contributed by atoms with van der Waals surface area (Å²) in [6.07, 6.45) is 5.89. The zero-order chi connectivity index (χ0) is 11.3. The second-order valence-corrected chi connectivity index (χ2v) is 4.84. The Labute approximate surface area is 93.7 Å². The molecule has 0 aliphatic carbocycles. The molecule has 3 nitrogen and oxygen atoms in total. The molecule has 1 heterocycles. The molecule has 1 aliphatic heterocycles. The maximum atomic E-state index is 5.96. The van der Waals surface area contributed by atoms with Gasteiger partial charge in [-0.05, 0) is 32.1 Å². The molecule has 3 N–H and O–H groups in total. The lowest BCUT2D eigenvalue weighted by Gasteiger charge is -2.43. The normalized spacial score (nSPS) is 29.4. The molecule has 0 aromatic rings. The smallest absolute Gasteiger partial charge is 0.0822 e. The van der Waals surface area contributed by atoms with Gasteiger partial charge in [0.2, 0.25) is 0 Å². The van der Waals surface area contributed by atoms with Crippen molar-refractivity contribution in [1.82, 2.24) is 5.43 Å². The van der Waals surface area contributed by atoms with E-state index in [4.69, 9.17) is 10.6 Å². The Morgan fingerprint density at radius 1 is 1.33 bits per heavy atom. The Morgan fingerprint density at radius 2 is 2.00 bits per heavy atom. The van der Waals surface area contributed by atoms with Crippen LogP contribution >= 0.6 is 0 Å². The van der Waals surface area contributed by atoms with E-state index in [1.807, 2.05) is 0 Å². The molecule has 0 spiro atoms. The molecule has 0 saturated carbocycles. The van der Waals surface area contributed by atoms with E-state index in [1.54, 1.807) is 0 Å². The van der Waals surface area contributed by atoms with E-state index in [0.29, 0.717) is 5.92 Å². The summed E-state index contributed by atoms with van der Waals surface area (Å²) in [5, 5.41) is 0. The van der Waals surface area contributed by atoms with Gasteiger partial charge in [0.15, 0.2) is 0 Å². The molecule has 90 valence electrons. The van der Waals surface area contributed by atoms with E-state index in [9.17, 15) is 0 Å². The van der Waals surface area contributed by atoms with Gasteiger partial charge in [-0.3, -0.25) is 11.3 Å². The summed E-state index contributed by atoms with van der Waals surface area (Å²) in [4.78, 5) is 0. The first-order valence-electron chi connectivity index (χ1n) is 6.28. The first kappa shape index (κ1) is 12.9. The van der Waals surface area contributed by atoms with Crippen LogP contribution in [-0.2, 0) is 4.74 Å². The minimum Gasteiger partial charge on any atom is -0.374 e. The number of hydrogen-bond donors (Lipinski definition) is 2. The monoisotopic (exact) mass is 214 g/mol. The minimum absolute atomic E-state index is 0.0658. The van der Waals surface area contributed by atoms with Crippen LogP contribution in [0.1, 0.15) is 52.9 Å². The molecule has 15 heavy (non-hydrogen) atoms. The Bertz CT molecular complexity index is 174. The summed E-state index contributed by atoms with van der Waals surface area (Å²) in [5.74, 6) is 6.32. The van der Waals surface area contributed by atoms with E-state index in [2.05, 4.69) is 26.2 Å². The minimum atomic E-state index is -0.0658.